The number of nitro benzene ring substituents is 1. The highest BCUT2D eigenvalue weighted by atomic mass is 32.2. The Morgan fingerprint density at radius 1 is 1.21 bits per heavy atom. The van der Waals surface area contributed by atoms with Crippen LogP contribution in [0.1, 0.15) is 11.1 Å². The first-order valence-electron chi connectivity index (χ1n) is 8.95. The number of halogens is 3. The largest absolute Gasteiger partial charge is 0.468 e. The van der Waals surface area contributed by atoms with Crippen LogP contribution in [-0.4, -0.2) is 40.6 Å². The summed E-state index contributed by atoms with van der Waals surface area (Å²) >= 11 is 0.603. The van der Waals surface area contributed by atoms with Gasteiger partial charge in [0, 0.05) is 6.07 Å². The fraction of sp³-hybridized carbons (Fsp3) is 0.150. The number of thioether (sulfide) groups is 1. The number of benzene rings is 2. The lowest BCUT2D eigenvalue weighted by Crippen LogP contribution is -2.34. The Kier molecular flexibility index (Phi) is 6.72. The number of imide groups is 1. The lowest BCUT2D eigenvalue weighted by Gasteiger charge is -2.10. The van der Waals surface area contributed by atoms with Gasteiger partial charge in [0.1, 0.15) is 12.3 Å². The molecule has 33 heavy (non-hydrogen) atoms. The highest BCUT2D eigenvalue weighted by molar-refractivity contribution is 8.18. The third-order valence-corrected chi connectivity index (χ3v) is 5.16. The average Bonchev–Trinajstić information content (AvgIpc) is 3.00. The Balaban J connectivity index is 1.85. The lowest BCUT2D eigenvalue weighted by atomic mass is 10.1. The molecule has 3 rings (SSSR count). The molecule has 0 saturated carbocycles. The number of alkyl halides is 3. The summed E-state index contributed by atoms with van der Waals surface area (Å²) in [7, 11) is 1.11. The zero-order chi connectivity index (χ0) is 24.3. The normalized spacial score (nSPS) is 15.2. The number of carbonyl (C=O) groups is 3. The van der Waals surface area contributed by atoms with Gasteiger partial charge in [-0.05, 0) is 47.7 Å². The first-order chi connectivity index (χ1) is 15.5. The molecular formula is C20H13F3N2O7S. The van der Waals surface area contributed by atoms with Crippen LogP contribution in [0, 0.1) is 10.1 Å². The number of nitrogens with zero attached hydrogens (tertiary/aromatic N) is 2. The van der Waals surface area contributed by atoms with Crippen LogP contribution < -0.4 is 4.74 Å². The van der Waals surface area contributed by atoms with E-state index in [-0.39, 0.29) is 10.7 Å². The summed E-state index contributed by atoms with van der Waals surface area (Å²) in [4.78, 5) is 46.7. The van der Waals surface area contributed by atoms with Crippen molar-refractivity contribution in [2.45, 2.75) is 6.18 Å². The summed E-state index contributed by atoms with van der Waals surface area (Å²) in [5.74, 6) is -1.85. The monoisotopic (exact) mass is 482 g/mol. The van der Waals surface area contributed by atoms with Crippen LogP contribution in [0.25, 0.3) is 6.08 Å². The molecule has 1 fully saturated rings. The first-order valence-corrected chi connectivity index (χ1v) is 9.77. The summed E-state index contributed by atoms with van der Waals surface area (Å²) in [6.45, 7) is -0.542. The third kappa shape index (κ3) is 5.49. The van der Waals surface area contributed by atoms with Gasteiger partial charge in [0.05, 0.1) is 22.5 Å². The standard InChI is InChI=1S/C20H13F3N2O7S/c1-31-17(26)10-24-18(27)16(33-19(24)28)8-11-3-2-4-13(7-11)32-15-6-5-12(20(21,22)23)9-14(15)25(29)30/h2-9H,10H2,1H3/b16-8-. The lowest BCUT2D eigenvalue weighted by molar-refractivity contribution is -0.385. The number of ether oxygens (including phenoxy) is 2. The molecular weight excluding hydrogens is 469 g/mol. The number of rotatable bonds is 6. The smallest absolute Gasteiger partial charge is 0.416 e. The first kappa shape index (κ1) is 23.8. The Hall–Kier alpha value is -3.87. The molecule has 0 spiro atoms. The summed E-state index contributed by atoms with van der Waals surface area (Å²) in [6.07, 6.45) is -3.42. The van der Waals surface area contributed by atoms with Gasteiger partial charge >= 0.3 is 17.8 Å². The van der Waals surface area contributed by atoms with Crippen molar-refractivity contribution >= 4 is 40.6 Å². The Morgan fingerprint density at radius 3 is 2.58 bits per heavy atom. The minimum absolute atomic E-state index is 0.0153. The molecule has 2 aromatic carbocycles. The molecule has 13 heteroatoms. The predicted octanol–water partition coefficient (Wildman–Crippen LogP) is 4.62. The Labute approximate surface area is 187 Å². The van der Waals surface area contributed by atoms with Gasteiger partial charge in [-0.25, -0.2) is 0 Å². The molecule has 0 aromatic heterocycles. The summed E-state index contributed by atoms with van der Waals surface area (Å²) < 4.78 is 48.4. The van der Waals surface area contributed by atoms with Crippen molar-refractivity contribution in [1.82, 2.24) is 4.90 Å². The summed E-state index contributed by atoms with van der Waals surface area (Å²) in [6, 6.07) is 7.67. The van der Waals surface area contributed by atoms with Crippen molar-refractivity contribution in [3.8, 4) is 11.5 Å². The molecule has 0 atom stereocenters. The van der Waals surface area contributed by atoms with E-state index in [4.69, 9.17) is 4.74 Å². The van der Waals surface area contributed by atoms with E-state index in [1.165, 1.54) is 24.3 Å². The van der Waals surface area contributed by atoms with Crippen molar-refractivity contribution in [2.24, 2.45) is 0 Å². The second-order valence-electron chi connectivity index (χ2n) is 6.46. The van der Waals surface area contributed by atoms with E-state index in [0.29, 0.717) is 34.4 Å². The molecule has 0 aliphatic carbocycles. The number of hydrogen-bond donors (Lipinski definition) is 0. The zero-order valence-electron chi connectivity index (χ0n) is 16.6. The van der Waals surface area contributed by atoms with Gasteiger partial charge in [-0.3, -0.25) is 29.4 Å². The van der Waals surface area contributed by atoms with E-state index in [1.807, 2.05) is 0 Å². The predicted molar refractivity (Wildman–Crippen MR) is 109 cm³/mol. The maximum absolute atomic E-state index is 12.9. The van der Waals surface area contributed by atoms with Crippen LogP contribution in [0.3, 0.4) is 0 Å². The Morgan fingerprint density at radius 2 is 1.94 bits per heavy atom. The van der Waals surface area contributed by atoms with E-state index in [0.717, 1.165) is 13.2 Å². The fourth-order valence-electron chi connectivity index (χ4n) is 2.70. The van der Waals surface area contributed by atoms with Crippen molar-refractivity contribution < 1.29 is 42.0 Å². The molecule has 2 amide bonds. The van der Waals surface area contributed by atoms with Crippen LogP contribution in [0.2, 0.25) is 0 Å². The molecule has 0 bridgehead atoms. The Bertz CT molecular complexity index is 1180. The minimum Gasteiger partial charge on any atom is -0.468 e. The number of nitro groups is 1. The summed E-state index contributed by atoms with van der Waals surface area (Å²) in [5, 5.41) is 10.6. The highest BCUT2D eigenvalue weighted by Gasteiger charge is 2.36. The van der Waals surface area contributed by atoms with E-state index in [9.17, 15) is 37.7 Å². The second kappa shape index (κ2) is 9.32. The quantitative estimate of drug-likeness (QED) is 0.254. The van der Waals surface area contributed by atoms with E-state index < -0.39 is 51.8 Å². The van der Waals surface area contributed by atoms with Crippen LogP contribution in [0.4, 0.5) is 23.7 Å². The molecule has 2 aromatic rings. The number of amides is 2. The van der Waals surface area contributed by atoms with Gasteiger partial charge in [-0.2, -0.15) is 13.2 Å². The van der Waals surface area contributed by atoms with Gasteiger partial charge in [-0.1, -0.05) is 12.1 Å². The molecule has 1 aliphatic heterocycles. The average molecular weight is 482 g/mol. The van der Waals surface area contributed by atoms with E-state index >= 15 is 0 Å². The molecule has 0 radical (unpaired) electrons. The van der Waals surface area contributed by atoms with Crippen molar-refractivity contribution in [1.29, 1.82) is 0 Å². The van der Waals surface area contributed by atoms with E-state index in [1.54, 1.807) is 6.07 Å². The molecule has 9 nitrogen and oxygen atoms in total. The van der Waals surface area contributed by atoms with Crippen molar-refractivity contribution in [3.05, 3.63) is 68.6 Å². The second-order valence-corrected chi connectivity index (χ2v) is 7.45. The van der Waals surface area contributed by atoms with Gasteiger partial charge < -0.3 is 9.47 Å². The maximum Gasteiger partial charge on any atom is 0.416 e. The number of hydrogen-bond acceptors (Lipinski definition) is 8. The van der Waals surface area contributed by atoms with Crippen LogP contribution in [-0.2, 0) is 20.5 Å². The molecule has 1 heterocycles. The number of esters is 1. The summed E-state index contributed by atoms with van der Waals surface area (Å²) in [5.41, 5.74) is -1.71. The van der Waals surface area contributed by atoms with Crippen LogP contribution in [0.5, 0.6) is 11.5 Å². The molecule has 172 valence electrons. The van der Waals surface area contributed by atoms with Gasteiger partial charge in [0.2, 0.25) is 5.75 Å². The maximum atomic E-state index is 12.9. The fourth-order valence-corrected chi connectivity index (χ4v) is 3.54. The topological polar surface area (TPSA) is 116 Å². The highest BCUT2D eigenvalue weighted by Crippen LogP contribution is 2.38. The van der Waals surface area contributed by atoms with Crippen molar-refractivity contribution in [3.63, 3.8) is 0 Å². The van der Waals surface area contributed by atoms with Crippen LogP contribution in [0.15, 0.2) is 47.4 Å². The van der Waals surface area contributed by atoms with Gasteiger partial charge in [-0.15, -0.1) is 0 Å². The van der Waals surface area contributed by atoms with Gasteiger partial charge in [0.15, 0.2) is 0 Å². The molecule has 0 N–H and O–H groups in total. The zero-order valence-corrected chi connectivity index (χ0v) is 17.4. The minimum atomic E-state index is -4.76. The molecule has 1 aliphatic rings. The van der Waals surface area contributed by atoms with Gasteiger partial charge in [0.25, 0.3) is 11.1 Å². The van der Waals surface area contributed by atoms with Crippen LogP contribution >= 0.6 is 11.8 Å². The van der Waals surface area contributed by atoms with Crippen molar-refractivity contribution in [2.75, 3.05) is 13.7 Å². The molecule has 1 saturated heterocycles. The SMILES string of the molecule is COC(=O)CN1C(=O)S/C(=C\c2cccc(Oc3ccc(C(F)(F)F)cc3[N+](=O)[O-])c2)C1=O. The molecule has 0 unspecified atom stereocenters. The number of methoxy groups -OCH3 is 1. The van der Waals surface area contributed by atoms with E-state index in [2.05, 4.69) is 4.74 Å². The number of carbonyl (C=O) groups excluding carboxylic acids is 3. The third-order valence-electron chi connectivity index (χ3n) is 4.26.